The number of hydrogen-bond donors (Lipinski definition) is 1. The minimum Gasteiger partial charge on any atom is -0.509 e. The summed E-state index contributed by atoms with van der Waals surface area (Å²) in [4.78, 5) is 0. The number of phenols is 1. The van der Waals surface area contributed by atoms with Crippen LogP contribution < -0.4 is 21.9 Å². The number of phenolic OH excluding ortho intramolecular Hbond substituents is 1. The number of hydrogen-bond acceptors (Lipinski definition) is 1. The van der Waals surface area contributed by atoms with Gasteiger partial charge in [-0.1, -0.05) is 137 Å². The highest BCUT2D eigenvalue weighted by Gasteiger charge is 2.21. The van der Waals surface area contributed by atoms with Crippen molar-refractivity contribution in [2.75, 3.05) is 0 Å². The van der Waals surface area contributed by atoms with Crippen LogP contribution in [0.4, 0.5) is 0 Å². The van der Waals surface area contributed by atoms with E-state index in [2.05, 4.69) is 131 Å². The Balaban J connectivity index is 1.51. The zero-order valence-electron chi connectivity index (χ0n) is 23.9. The van der Waals surface area contributed by atoms with Crippen LogP contribution in [0.15, 0.2) is 115 Å². The topological polar surface area (TPSA) is 20.2 Å². The first-order chi connectivity index (χ1) is 20.0. The maximum absolute atomic E-state index is 10.8. The molecule has 7 aromatic rings. The summed E-state index contributed by atoms with van der Waals surface area (Å²) >= 11 is 0. The van der Waals surface area contributed by atoms with Crippen molar-refractivity contribution in [2.24, 2.45) is 0 Å². The van der Waals surface area contributed by atoms with Crippen LogP contribution >= 0.6 is 0 Å². The summed E-state index contributed by atoms with van der Waals surface area (Å²) in [6, 6.07) is 41.7. The molecule has 5 heteroatoms. The van der Waals surface area contributed by atoms with Gasteiger partial charge in [-0.3, -0.25) is 0 Å². The van der Waals surface area contributed by atoms with Crippen molar-refractivity contribution in [2.45, 2.75) is 0 Å². The van der Waals surface area contributed by atoms with Gasteiger partial charge >= 0.3 is 0 Å². The molecule has 41 heavy (non-hydrogen) atoms. The molecule has 0 aliphatic heterocycles. The molecule has 0 unspecified atom stereocenters. The molecular weight excluding hydrogens is 492 g/mol. The fraction of sp³-hybridized carbons (Fsp3) is 0. The van der Waals surface area contributed by atoms with Gasteiger partial charge in [0.15, 0.2) is 0 Å². The lowest BCUT2D eigenvalue weighted by atomic mass is 9.64. The summed E-state index contributed by atoms with van der Waals surface area (Å²) in [7, 11) is 8.33. The van der Waals surface area contributed by atoms with Crippen molar-refractivity contribution >= 4 is 85.6 Å². The zero-order valence-corrected chi connectivity index (χ0v) is 23.9. The Kier molecular flexibility index (Phi) is 6.05. The molecule has 0 aliphatic carbocycles. The molecule has 0 atom stereocenters. The maximum Gasteiger partial charge on any atom is 0.143 e. The first-order valence-corrected chi connectivity index (χ1v) is 14.3. The summed E-state index contributed by atoms with van der Waals surface area (Å²) in [6.45, 7) is 0. The highest BCUT2D eigenvalue weighted by Crippen LogP contribution is 2.43. The van der Waals surface area contributed by atoms with E-state index in [-0.39, 0.29) is 0 Å². The third-order valence-electron chi connectivity index (χ3n) is 9.04. The summed E-state index contributed by atoms with van der Waals surface area (Å²) < 4.78 is 0. The van der Waals surface area contributed by atoms with Crippen LogP contribution in [0.3, 0.4) is 0 Å². The Morgan fingerprint density at radius 3 is 1.37 bits per heavy atom. The molecule has 0 bridgehead atoms. The van der Waals surface area contributed by atoms with Gasteiger partial charge in [0.1, 0.15) is 37.1 Å². The van der Waals surface area contributed by atoms with E-state index in [1.165, 1.54) is 65.7 Å². The number of benzene rings is 7. The second kappa shape index (κ2) is 9.78. The third-order valence-corrected chi connectivity index (χ3v) is 9.04. The maximum atomic E-state index is 10.8. The molecule has 1 nitrogen and oxygen atoms in total. The van der Waals surface area contributed by atoms with Crippen LogP contribution in [0.5, 0.6) is 5.75 Å². The smallest absolute Gasteiger partial charge is 0.143 e. The standard InChI is InChI=1S/C36H28B4O/c37-32-31(33(38)35(40)36(41)34(32)39)30-27-13-5-3-11-25(27)29(26-12-4-6-14-28(26)30)22-18-16-21(17-19-22)24-15-7-9-20-8-1-2-10-23(20)24/h1-19,41H,37-40H2. The SMILES string of the molecule is Bc1c(B)c(-c2c3ccccc3c(-c3ccc(-c4cccc5ccccc45)cc3)c3ccccc23)c(B)c(B)c1O. The molecule has 7 aromatic carbocycles. The van der Waals surface area contributed by atoms with Crippen LogP contribution in [0.2, 0.25) is 0 Å². The van der Waals surface area contributed by atoms with E-state index in [0.717, 1.165) is 21.9 Å². The van der Waals surface area contributed by atoms with Crippen molar-refractivity contribution in [3.8, 4) is 39.1 Å². The van der Waals surface area contributed by atoms with Gasteiger partial charge in [0.25, 0.3) is 0 Å². The third kappa shape index (κ3) is 3.91. The van der Waals surface area contributed by atoms with Gasteiger partial charge < -0.3 is 5.11 Å². The van der Waals surface area contributed by atoms with Gasteiger partial charge in [0, 0.05) is 0 Å². The Morgan fingerprint density at radius 1 is 0.366 bits per heavy atom. The molecular formula is C36H28B4O. The highest BCUT2D eigenvalue weighted by atomic mass is 16.3. The van der Waals surface area contributed by atoms with E-state index in [4.69, 9.17) is 0 Å². The lowest BCUT2D eigenvalue weighted by Gasteiger charge is -2.23. The molecule has 0 spiro atoms. The minimum atomic E-state index is 0.403. The zero-order chi connectivity index (χ0) is 28.2. The second-order valence-corrected chi connectivity index (χ2v) is 11.2. The Labute approximate surface area is 244 Å². The average Bonchev–Trinajstić information content (AvgIpc) is 3.02. The van der Waals surface area contributed by atoms with E-state index in [1.807, 2.05) is 15.7 Å². The summed E-state index contributed by atoms with van der Waals surface area (Å²) in [5.74, 6) is 0.403. The van der Waals surface area contributed by atoms with Crippen LogP contribution in [0.1, 0.15) is 0 Å². The normalized spacial score (nSPS) is 11.4. The number of rotatable bonds is 3. The predicted octanol–water partition coefficient (Wildman–Crippen LogP) is 2.89. The Bertz CT molecular complexity index is 2060. The van der Waals surface area contributed by atoms with Gasteiger partial charge in [-0.2, -0.15) is 0 Å². The van der Waals surface area contributed by atoms with E-state index in [9.17, 15) is 5.11 Å². The van der Waals surface area contributed by atoms with Crippen LogP contribution in [0, 0.1) is 0 Å². The summed E-state index contributed by atoms with van der Waals surface area (Å²) in [5.41, 5.74) is 11.6. The first kappa shape index (κ1) is 25.4. The molecule has 190 valence electrons. The van der Waals surface area contributed by atoms with Gasteiger partial charge in [0.2, 0.25) is 0 Å². The number of fused-ring (bicyclic) bond motifs is 3. The molecule has 0 heterocycles. The van der Waals surface area contributed by atoms with Crippen LogP contribution in [0.25, 0.3) is 65.7 Å². The quantitative estimate of drug-likeness (QED) is 0.281. The Morgan fingerprint density at radius 2 is 0.805 bits per heavy atom. The fourth-order valence-electron chi connectivity index (χ4n) is 6.67. The van der Waals surface area contributed by atoms with E-state index in [0.29, 0.717) is 5.75 Å². The van der Waals surface area contributed by atoms with Crippen molar-refractivity contribution in [1.29, 1.82) is 0 Å². The van der Waals surface area contributed by atoms with Crippen molar-refractivity contribution < 1.29 is 5.11 Å². The summed E-state index contributed by atoms with van der Waals surface area (Å²) in [5, 5.41) is 18.3. The van der Waals surface area contributed by atoms with Gasteiger partial charge in [0.05, 0.1) is 0 Å². The van der Waals surface area contributed by atoms with E-state index >= 15 is 0 Å². The predicted molar refractivity (Wildman–Crippen MR) is 190 cm³/mol. The Hall–Kier alpha value is -4.62. The molecule has 0 aromatic heterocycles. The molecule has 0 amide bonds. The molecule has 0 saturated carbocycles. The molecule has 0 aliphatic rings. The van der Waals surface area contributed by atoms with Crippen molar-refractivity contribution in [1.82, 2.24) is 0 Å². The molecule has 0 saturated heterocycles. The van der Waals surface area contributed by atoms with E-state index < -0.39 is 0 Å². The lowest BCUT2D eigenvalue weighted by molar-refractivity contribution is 0.484. The summed E-state index contributed by atoms with van der Waals surface area (Å²) in [6.07, 6.45) is 0. The largest absolute Gasteiger partial charge is 0.509 e. The molecule has 1 N–H and O–H groups in total. The first-order valence-electron chi connectivity index (χ1n) is 14.3. The lowest BCUT2D eigenvalue weighted by Crippen LogP contribution is -2.42. The second-order valence-electron chi connectivity index (χ2n) is 11.2. The average molecular weight is 520 g/mol. The van der Waals surface area contributed by atoms with Gasteiger partial charge in [-0.05, 0) is 65.7 Å². The van der Waals surface area contributed by atoms with Crippen LogP contribution in [-0.4, -0.2) is 36.5 Å². The monoisotopic (exact) mass is 520 g/mol. The fourth-order valence-corrected chi connectivity index (χ4v) is 6.67. The van der Waals surface area contributed by atoms with Crippen molar-refractivity contribution in [3.05, 3.63) is 115 Å². The van der Waals surface area contributed by atoms with E-state index in [1.54, 1.807) is 0 Å². The van der Waals surface area contributed by atoms with Gasteiger partial charge in [-0.25, -0.2) is 0 Å². The number of aromatic hydroxyl groups is 1. The minimum absolute atomic E-state index is 0.403. The molecule has 0 radical (unpaired) electrons. The molecule has 0 fully saturated rings. The van der Waals surface area contributed by atoms with Gasteiger partial charge in [-0.15, -0.1) is 0 Å². The molecule has 7 rings (SSSR count). The van der Waals surface area contributed by atoms with Crippen molar-refractivity contribution in [3.63, 3.8) is 0 Å². The van der Waals surface area contributed by atoms with Crippen LogP contribution in [-0.2, 0) is 0 Å². The highest BCUT2D eigenvalue weighted by molar-refractivity contribution is 6.61.